The van der Waals surface area contributed by atoms with E-state index in [0.29, 0.717) is 22.0 Å². The predicted octanol–water partition coefficient (Wildman–Crippen LogP) is 3.02. The lowest BCUT2D eigenvalue weighted by molar-refractivity contribution is -0.122. The summed E-state index contributed by atoms with van der Waals surface area (Å²) in [6.07, 6.45) is 1.38. The van der Waals surface area contributed by atoms with Gasteiger partial charge < -0.3 is 4.74 Å². The zero-order chi connectivity index (χ0) is 18.0. The highest BCUT2D eigenvalue weighted by Gasteiger charge is 2.36. The number of rotatable bonds is 3. The van der Waals surface area contributed by atoms with Crippen LogP contribution in [0.15, 0.2) is 54.1 Å². The van der Waals surface area contributed by atoms with Gasteiger partial charge in [0.25, 0.3) is 11.8 Å². The van der Waals surface area contributed by atoms with Crippen LogP contribution in [-0.2, 0) is 9.59 Å². The van der Waals surface area contributed by atoms with Gasteiger partial charge in [-0.2, -0.15) is 0 Å². The van der Waals surface area contributed by atoms with E-state index >= 15 is 0 Å². The minimum Gasteiger partial charge on any atom is -0.495 e. The summed E-state index contributed by atoms with van der Waals surface area (Å²) in [4.78, 5) is 37.8. The molecule has 0 radical (unpaired) electrons. The van der Waals surface area contributed by atoms with Gasteiger partial charge in [0.15, 0.2) is 0 Å². The third-order valence-corrected chi connectivity index (χ3v) is 3.90. The fourth-order valence-corrected chi connectivity index (χ4v) is 2.67. The molecular weight excluding hydrogens is 344 g/mol. The number of nitrogens with zero attached hydrogens (tertiary/aromatic N) is 1. The Hall–Kier alpha value is -3.12. The van der Waals surface area contributed by atoms with Crippen molar-refractivity contribution in [1.29, 1.82) is 0 Å². The average molecular weight is 357 g/mol. The molecule has 2 aromatic rings. The molecule has 7 heteroatoms. The second-order valence-corrected chi connectivity index (χ2v) is 5.59. The van der Waals surface area contributed by atoms with Gasteiger partial charge >= 0.3 is 6.03 Å². The van der Waals surface area contributed by atoms with E-state index in [2.05, 4.69) is 5.32 Å². The fourth-order valence-electron chi connectivity index (χ4n) is 2.41. The molecule has 126 valence electrons. The molecular formula is C18H13ClN2O4. The van der Waals surface area contributed by atoms with Crippen molar-refractivity contribution in [2.75, 3.05) is 12.0 Å². The van der Waals surface area contributed by atoms with Crippen molar-refractivity contribution in [3.8, 4) is 5.75 Å². The van der Waals surface area contributed by atoms with Crippen molar-refractivity contribution in [2.45, 2.75) is 0 Å². The molecule has 0 bridgehead atoms. The highest BCUT2D eigenvalue weighted by molar-refractivity contribution is 6.39. The first-order valence-corrected chi connectivity index (χ1v) is 7.69. The van der Waals surface area contributed by atoms with Gasteiger partial charge in [0.1, 0.15) is 11.3 Å². The number of carbonyl (C=O) groups excluding carboxylic acids is 3. The number of halogens is 1. The highest BCUT2D eigenvalue weighted by Crippen LogP contribution is 2.27. The normalized spacial score (nSPS) is 16.2. The molecule has 0 saturated carbocycles. The van der Waals surface area contributed by atoms with E-state index in [4.69, 9.17) is 16.3 Å². The zero-order valence-electron chi connectivity index (χ0n) is 13.2. The number of amides is 4. The third kappa shape index (κ3) is 3.25. The monoisotopic (exact) mass is 356 g/mol. The summed E-state index contributed by atoms with van der Waals surface area (Å²) in [5.74, 6) is -0.981. The minimum absolute atomic E-state index is 0.162. The second kappa shape index (κ2) is 6.78. The molecule has 0 unspecified atom stereocenters. The van der Waals surface area contributed by atoms with Gasteiger partial charge in [0, 0.05) is 0 Å². The number of hydrogen-bond donors (Lipinski definition) is 1. The lowest BCUT2D eigenvalue weighted by Crippen LogP contribution is -2.54. The molecule has 1 saturated heterocycles. The Morgan fingerprint density at radius 1 is 1.08 bits per heavy atom. The Balaban J connectivity index is 2.00. The second-order valence-electron chi connectivity index (χ2n) is 5.19. The van der Waals surface area contributed by atoms with Crippen molar-refractivity contribution in [2.24, 2.45) is 0 Å². The van der Waals surface area contributed by atoms with Gasteiger partial charge in [-0.1, -0.05) is 35.9 Å². The molecule has 1 N–H and O–H groups in total. The molecule has 0 aromatic heterocycles. The highest BCUT2D eigenvalue weighted by atomic mass is 35.5. The molecule has 2 aromatic carbocycles. The van der Waals surface area contributed by atoms with Crippen LogP contribution in [0.4, 0.5) is 10.5 Å². The molecule has 0 spiro atoms. The van der Waals surface area contributed by atoms with Crippen LogP contribution in [0, 0.1) is 0 Å². The summed E-state index contributed by atoms with van der Waals surface area (Å²) in [5, 5.41) is 2.51. The standard InChI is InChI=1S/C18H13ClN2O4/c1-25-15-8-7-11(10-14(15)19)9-13-16(22)20-18(24)21(17(13)23)12-5-3-2-4-6-12/h2-10H,1H3,(H,20,22,24). The molecule has 0 atom stereocenters. The third-order valence-electron chi connectivity index (χ3n) is 3.60. The van der Waals surface area contributed by atoms with Crippen molar-refractivity contribution in [1.82, 2.24) is 5.32 Å². The van der Waals surface area contributed by atoms with E-state index in [1.165, 1.54) is 13.2 Å². The molecule has 1 fully saturated rings. The largest absolute Gasteiger partial charge is 0.495 e. The SMILES string of the molecule is COc1ccc(C=C2C(=O)NC(=O)N(c3ccccc3)C2=O)cc1Cl. The molecule has 6 nitrogen and oxygen atoms in total. The lowest BCUT2D eigenvalue weighted by Gasteiger charge is -2.26. The van der Waals surface area contributed by atoms with Gasteiger partial charge in [0.2, 0.25) is 0 Å². The number of hydrogen-bond acceptors (Lipinski definition) is 4. The van der Waals surface area contributed by atoms with Crippen LogP contribution in [0.5, 0.6) is 5.75 Å². The quantitative estimate of drug-likeness (QED) is 0.677. The summed E-state index contributed by atoms with van der Waals surface area (Å²) in [6, 6.07) is 12.4. The molecule has 1 aliphatic heterocycles. The Bertz CT molecular complexity index is 893. The molecule has 25 heavy (non-hydrogen) atoms. The Morgan fingerprint density at radius 2 is 1.80 bits per heavy atom. The lowest BCUT2D eigenvalue weighted by atomic mass is 10.1. The molecule has 1 heterocycles. The maximum Gasteiger partial charge on any atom is 0.335 e. The molecule has 4 amide bonds. The summed E-state index contributed by atoms with van der Waals surface area (Å²) in [7, 11) is 1.49. The van der Waals surface area contributed by atoms with Crippen molar-refractivity contribution < 1.29 is 19.1 Å². The van der Waals surface area contributed by atoms with E-state index in [1.54, 1.807) is 48.5 Å². The zero-order valence-corrected chi connectivity index (χ0v) is 13.9. The number of nitrogens with one attached hydrogen (secondary N) is 1. The molecule has 1 aliphatic rings. The van der Waals surface area contributed by atoms with Crippen LogP contribution in [-0.4, -0.2) is 25.0 Å². The van der Waals surface area contributed by atoms with Crippen LogP contribution in [0.3, 0.4) is 0 Å². The summed E-state index contributed by atoms with van der Waals surface area (Å²) in [5.41, 5.74) is 0.743. The first-order chi connectivity index (χ1) is 12.0. The van der Waals surface area contributed by atoms with Crippen LogP contribution in [0.25, 0.3) is 6.08 Å². The van der Waals surface area contributed by atoms with Crippen LogP contribution < -0.4 is 15.0 Å². The van der Waals surface area contributed by atoms with E-state index in [1.807, 2.05) is 0 Å². The maximum absolute atomic E-state index is 12.7. The number of imide groups is 2. The summed E-state index contributed by atoms with van der Waals surface area (Å²) < 4.78 is 5.07. The summed E-state index contributed by atoms with van der Waals surface area (Å²) >= 11 is 6.06. The summed E-state index contributed by atoms with van der Waals surface area (Å²) in [6.45, 7) is 0. The van der Waals surface area contributed by atoms with Crippen molar-refractivity contribution in [3.63, 3.8) is 0 Å². The number of carbonyl (C=O) groups is 3. The van der Waals surface area contributed by atoms with Crippen LogP contribution in [0.1, 0.15) is 5.56 Å². The Labute approximate surface area is 148 Å². The number of barbiturate groups is 1. The van der Waals surface area contributed by atoms with E-state index in [-0.39, 0.29) is 5.57 Å². The van der Waals surface area contributed by atoms with Gasteiger partial charge in [-0.3, -0.25) is 14.9 Å². The Kier molecular flexibility index (Phi) is 4.54. The first kappa shape index (κ1) is 16.7. The van der Waals surface area contributed by atoms with Crippen LogP contribution >= 0.6 is 11.6 Å². The van der Waals surface area contributed by atoms with Crippen LogP contribution in [0.2, 0.25) is 5.02 Å². The number of methoxy groups -OCH3 is 1. The van der Waals surface area contributed by atoms with E-state index in [0.717, 1.165) is 4.90 Å². The first-order valence-electron chi connectivity index (χ1n) is 7.31. The minimum atomic E-state index is -0.786. The number of para-hydroxylation sites is 1. The smallest absolute Gasteiger partial charge is 0.335 e. The maximum atomic E-state index is 12.7. The van der Waals surface area contributed by atoms with Crippen molar-refractivity contribution >= 4 is 41.2 Å². The van der Waals surface area contributed by atoms with Gasteiger partial charge in [-0.05, 0) is 35.9 Å². The number of ether oxygens (including phenoxy) is 1. The predicted molar refractivity (Wildman–Crippen MR) is 93.4 cm³/mol. The van der Waals surface area contributed by atoms with Gasteiger partial charge in [-0.15, -0.1) is 0 Å². The van der Waals surface area contributed by atoms with Gasteiger partial charge in [-0.25, -0.2) is 9.69 Å². The van der Waals surface area contributed by atoms with Gasteiger partial charge in [0.05, 0.1) is 17.8 Å². The topological polar surface area (TPSA) is 75.7 Å². The average Bonchev–Trinajstić information content (AvgIpc) is 2.59. The molecule has 3 rings (SSSR count). The number of urea groups is 1. The van der Waals surface area contributed by atoms with E-state index in [9.17, 15) is 14.4 Å². The number of benzene rings is 2. The fraction of sp³-hybridized carbons (Fsp3) is 0.0556. The van der Waals surface area contributed by atoms with Crippen molar-refractivity contribution in [3.05, 3.63) is 64.7 Å². The number of anilines is 1. The Morgan fingerprint density at radius 3 is 2.44 bits per heavy atom. The van der Waals surface area contributed by atoms with E-state index < -0.39 is 17.8 Å². The molecule has 0 aliphatic carbocycles.